The van der Waals surface area contributed by atoms with Gasteiger partial charge in [0.05, 0.1) is 9.40 Å². The molecule has 0 bridgehead atoms. The summed E-state index contributed by atoms with van der Waals surface area (Å²) in [6.45, 7) is 4.53. The predicted octanol–water partition coefficient (Wildman–Crippen LogP) is 8.04. The molecule has 0 atom stereocenters. The van der Waals surface area contributed by atoms with E-state index in [-0.39, 0.29) is 11.1 Å². The summed E-state index contributed by atoms with van der Waals surface area (Å²) in [7, 11) is 0. The van der Waals surface area contributed by atoms with E-state index in [9.17, 15) is 0 Å². The molecule has 0 aliphatic heterocycles. The molecule has 0 radical (unpaired) electrons. The van der Waals surface area contributed by atoms with Gasteiger partial charge in [-0.3, -0.25) is 0 Å². The zero-order chi connectivity index (χ0) is 28.5. The largest absolute Gasteiger partial charge is 0.192 e. The van der Waals surface area contributed by atoms with Gasteiger partial charge in [0.15, 0.2) is 0 Å². The van der Waals surface area contributed by atoms with Gasteiger partial charge in [-0.15, -0.1) is 22.7 Å². The first kappa shape index (κ1) is 28.5. The number of unbranched alkanes of at least 4 members (excludes halogenated alkanes) is 2. The lowest BCUT2D eigenvalue weighted by Crippen LogP contribution is -2.11. The van der Waals surface area contributed by atoms with Crippen molar-refractivity contribution in [3.8, 4) is 24.3 Å². The summed E-state index contributed by atoms with van der Waals surface area (Å²) < 4.78 is 5.89. The fourth-order valence-electron chi connectivity index (χ4n) is 4.53. The Morgan fingerprint density at radius 3 is 1.27 bits per heavy atom. The van der Waals surface area contributed by atoms with Crippen molar-refractivity contribution < 1.29 is 0 Å². The molecule has 0 N–H and O–H groups in total. The molecule has 196 valence electrons. The monoisotopic (exact) mass is 556 g/mol. The molecular weight excluding hydrogens is 529 g/mol. The highest BCUT2D eigenvalue weighted by Gasteiger charge is 2.12. The Morgan fingerprint density at radius 2 is 0.950 bits per heavy atom. The minimum atomic E-state index is 0.00187. The number of nitrogens with zero attached hydrogens (tertiary/aromatic N) is 4. The molecule has 2 aromatic heterocycles. The van der Waals surface area contributed by atoms with Gasteiger partial charge in [-0.25, -0.2) is 0 Å². The average Bonchev–Trinajstić information content (AvgIpc) is 3.52. The van der Waals surface area contributed by atoms with Crippen molar-refractivity contribution in [1.82, 2.24) is 0 Å². The number of aryl methyl sites for hydroxylation is 2. The first-order valence-corrected chi connectivity index (χ1v) is 15.0. The maximum atomic E-state index is 8.63. The highest BCUT2D eigenvalue weighted by Crippen LogP contribution is 2.44. The summed E-state index contributed by atoms with van der Waals surface area (Å²) in [4.78, 5) is 0. The summed E-state index contributed by atoms with van der Waals surface area (Å²) in [5, 5.41) is 38.4. The smallest absolute Gasteiger partial charge is 0.136 e. The molecule has 2 heterocycles. The van der Waals surface area contributed by atoms with Crippen molar-refractivity contribution in [3.63, 3.8) is 0 Å². The Labute approximate surface area is 242 Å². The SMILES string of the molecule is CCCCc1ccc2c(c1)sc1c3ccc(CCCC)cc3sc21.N#CC(C#N)=c1ccc(=C(C#N)C#N)cc1. The average molecular weight is 557 g/mol. The van der Waals surface area contributed by atoms with Crippen molar-refractivity contribution in [2.75, 3.05) is 0 Å². The Bertz CT molecular complexity index is 1780. The molecule has 0 unspecified atom stereocenters. The van der Waals surface area contributed by atoms with Gasteiger partial charge < -0.3 is 0 Å². The van der Waals surface area contributed by atoms with Crippen LogP contribution in [0, 0.1) is 45.3 Å². The third kappa shape index (κ3) is 6.22. The third-order valence-corrected chi connectivity index (χ3v) is 9.26. The van der Waals surface area contributed by atoms with E-state index in [1.165, 1.54) is 103 Å². The van der Waals surface area contributed by atoms with Crippen molar-refractivity contribution in [2.24, 2.45) is 0 Å². The van der Waals surface area contributed by atoms with Crippen molar-refractivity contribution in [2.45, 2.75) is 52.4 Å². The summed E-state index contributed by atoms with van der Waals surface area (Å²) in [6.07, 6.45) is 7.52. The van der Waals surface area contributed by atoms with Crippen LogP contribution in [0.15, 0.2) is 60.7 Å². The fourth-order valence-corrected chi connectivity index (χ4v) is 7.31. The molecule has 0 aliphatic rings. The van der Waals surface area contributed by atoms with Crippen molar-refractivity contribution in [1.29, 1.82) is 21.0 Å². The fraction of sp³-hybridized carbons (Fsp3) is 0.235. The number of rotatable bonds is 6. The molecular formula is C34H28N4S2. The van der Waals surface area contributed by atoms with Crippen LogP contribution in [0.2, 0.25) is 0 Å². The van der Waals surface area contributed by atoms with E-state index in [4.69, 9.17) is 21.0 Å². The molecule has 0 saturated carbocycles. The van der Waals surface area contributed by atoms with Crippen LogP contribution in [-0.2, 0) is 12.8 Å². The highest BCUT2D eigenvalue weighted by atomic mass is 32.1. The molecule has 0 fully saturated rings. The second-order valence-corrected chi connectivity index (χ2v) is 11.6. The number of hydrogen-bond donors (Lipinski definition) is 0. The second kappa shape index (κ2) is 13.6. The van der Waals surface area contributed by atoms with Crippen LogP contribution < -0.4 is 10.4 Å². The standard InChI is InChI=1S/C22H24S2.C12H4N4/c1-3-5-7-15-9-11-17-19(13-15)23-22-18-12-10-16(8-6-4-2)14-20(18)24-21(17)22;13-5-11(6-14)9-1-2-10(4-3-9)12(7-15)8-16/h9-14H,3-8H2,1-2H3;1-4H. The van der Waals surface area contributed by atoms with Gasteiger partial charge in [0.25, 0.3) is 0 Å². The number of thiophene rings is 2. The topological polar surface area (TPSA) is 95.2 Å². The Morgan fingerprint density at radius 1 is 0.575 bits per heavy atom. The summed E-state index contributed by atoms with van der Waals surface area (Å²) >= 11 is 3.96. The molecule has 5 aromatic rings. The number of benzene rings is 3. The number of fused-ring (bicyclic) bond motifs is 5. The molecule has 0 amide bonds. The first-order valence-electron chi connectivity index (χ1n) is 13.4. The van der Waals surface area contributed by atoms with Gasteiger partial charge >= 0.3 is 0 Å². The molecule has 0 spiro atoms. The van der Waals surface area contributed by atoms with E-state index in [0.29, 0.717) is 10.4 Å². The van der Waals surface area contributed by atoms with Crippen LogP contribution in [0.3, 0.4) is 0 Å². The Hall–Kier alpha value is -4.46. The highest BCUT2D eigenvalue weighted by molar-refractivity contribution is 7.36. The first-order chi connectivity index (χ1) is 19.6. The molecule has 5 rings (SSSR count). The van der Waals surface area contributed by atoms with Gasteiger partial charge in [-0.05, 0) is 48.9 Å². The van der Waals surface area contributed by atoms with Gasteiger partial charge in [-0.2, -0.15) is 21.0 Å². The van der Waals surface area contributed by atoms with E-state index in [0.717, 1.165) is 0 Å². The number of hydrogen-bond acceptors (Lipinski definition) is 6. The zero-order valence-corrected chi connectivity index (χ0v) is 24.3. The van der Waals surface area contributed by atoms with Crippen molar-refractivity contribution in [3.05, 3.63) is 82.2 Å². The van der Waals surface area contributed by atoms with E-state index < -0.39 is 0 Å². The third-order valence-electron chi connectivity index (χ3n) is 6.76. The number of nitriles is 4. The van der Waals surface area contributed by atoms with Gasteiger partial charge in [-0.1, -0.05) is 75.2 Å². The summed E-state index contributed by atoms with van der Waals surface area (Å²) in [5.41, 5.74) is 2.98. The predicted molar refractivity (Wildman–Crippen MR) is 167 cm³/mol. The minimum absolute atomic E-state index is 0.00187. The van der Waals surface area contributed by atoms with Crippen LogP contribution >= 0.6 is 22.7 Å². The molecule has 40 heavy (non-hydrogen) atoms. The Kier molecular flexibility index (Phi) is 9.67. The Balaban J connectivity index is 0.000000202. The molecule has 6 heteroatoms. The lowest BCUT2D eigenvalue weighted by Gasteiger charge is -2.00. The minimum Gasteiger partial charge on any atom is -0.192 e. The lowest BCUT2D eigenvalue weighted by atomic mass is 10.1. The zero-order valence-electron chi connectivity index (χ0n) is 22.6. The summed E-state index contributed by atoms with van der Waals surface area (Å²) in [6, 6.07) is 27.4. The van der Waals surface area contributed by atoms with Crippen LogP contribution in [0.4, 0.5) is 0 Å². The molecule has 0 aliphatic carbocycles. The van der Waals surface area contributed by atoms with Crippen LogP contribution in [0.5, 0.6) is 0 Å². The maximum Gasteiger partial charge on any atom is 0.136 e. The van der Waals surface area contributed by atoms with Gasteiger partial charge in [0.1, 0.15) is 35.4 Å². The van der Waals surface area contributed by atoms with E-state index in [1.54, 1.807) is 24.3 Å². The van der Waals surface area contributed by atoms with Crippen molar-refractivity contribution >= 4 is 63.4 Å². The van der Waals surface area contributed by atoms with Gasteiger partial charge in [0, 0.05) is 30.6 Å². The van der Waals surface area contributed by atoms with E-state index in [1.807, 2.05) is 22.7 Å². The summed E-state index contributed by atoms with van der Waals surface area (Å²) in [5.74, 6) is 0. The normalized spacial score (nSPS) is 10.2. The van der Waals surface area contributed by atoms with Crippen LogP contribution in [0.1, 0.15) is 50.7 Å². The molecule has 4 nitrogen and oxygen atoms in total. The van der Waals surface area contributed by atoms with E-state index in [2.05, 4.69) is 50.2 Å². The quantitative estimate of drug-likeness (QED) is 0.211. The van der Waals surface area contributed by atoms with E-state index >= 15 is 0 Å². The maximum absolute atomic E-state index is 8.63. The molecule has 0 saturated heterocycles. The van der Waals surface area contributed by atoms with Gasteiger partial charge in [0.2, 0.25) is 0 Å². The lowest BCUT2D eigenvalue weighted by molar-refractivity contribution is 0.796. The van der Waals surface area contributed by atoms with Crippen LogP contribution in [0.25, 0.3) is 40.7 Å². The molecule has 3 aromatic carbocycles. The van der Waals surface area contributed by atoms with Crippen LogP contribution in [-0.4, -0.2) is 0 Å². The second-order valence-electron chi connectivity index (χ2n) is 9.51.